The van der Waals surface area contributed by atoms with Gasteiger partial charge in [-0.2, -0.15) is 0 Å². The molecule has 3 rings (SSSR count). The Morgan fingerprint density at radius 2 is 2.08 bits per heavy atom. The Kier molecular flexibility index (Phi) is 0.968. The molecule has 66 valence electrons. The summed E-state index contributed by atoms with van der Waals surface area (Å²) in [5.41, 5.74) is 1.34. The maximum absolute atomic E-state index is 5.72. The van der Waals surface area contributed by atoms with Crippen LogP contribution >= 0.6 is 0 Å². The van der Waals surface area contributed by atoms with Crippen LogP contribution in [0, 0.1) is 0 Å². The zero-order chi connectivity index (χ0) is 8.56. The zero-order valence-electron chi connectivity index (χ0n) is 7.59. The molecule has 0 aromatic carbocycles. The van der Waals surface area contributed by atoms with Gasteiger partial charge in [-0.1, -0.05) is 6.58 Å². The van der Waals surface area contributed by atoms with Gasteiger partial charge in [0.1, 0.15) is 17.8 Å². The largest absolute Gasteiger partial charge is 0.363 e. The number of rotatable bonds is 1. The molecule has 1 aliphatic carbocycles. The Morgan fingerprint density at radius 1 is 1.33 bits per heavy atom. The van der Waals surface area contributed by atoms with Crippen molar-refractivity contribution in [1.29, 1.82) is 0 Å². The predicted molar refractivity (Wildman–Crippen MR) is 44.9 cm³/mol. The SMILES string of the molecule is C=C(C)[C@]12CC[C@@]3(C)O[C@@H]3[C@H]1O2. The molecule has 4 atom stereocenters. The fraction of sp³-hybridized carbons (Fsp3) is 0.800. The van der Waals surface area contributed by atoms with Crippen LogP contribution in [0.1, 0.15) is 26.7 Å². The number of epoxide rings is 2. The van der Waals surface area contributed by atoms with Crippen molar-refractivity contribution in [3.8, 4) is 0 Å². The topological polar surface area (TPSA) is 25.1 Å². The normalized spacial score (nSPS) is 60.2. The van der Waals surface area contributed by atoms with Crippen LogP contribution in [-0.4, -0.2) is 23.4 Å². The summed E-state index contributed by atoms with van der Waals surface area (Å²) < 4.78 is 11.3. The van der Waals surface area contributed by atoms with Crippen molar-refractivity contribution in [1.82, 2.24) is 0 Å². The molecule has 3 aliphatic rings. The first-order valence-electron chi connectivity index (χ1n) is 4.60. The van der Waals surface area contributed by atoms with Crippen molar-refractivity contribution < 1.29 is 9.47 Å². The van der Waals surface area contributed by atoms with Gasteiger partial charge in [0.15, 0.2) is 0 Å². The van der Waals surface area contributed by atoms with E-state index in [-0.39, 0.29) is 11.2 Å². The van der Waals surface area contributed by atoms with Crippen molar-refractivity contribution in [2.24, 2.45) is 0 Å². The van der Waals surface area contributed by atoms with E-state index in [1.54, 1.807) is 0 Å². The van der Waals surface area contributed by atoms with Crippen LogP contribution in [0.15, 0.2) is 12.2 Å². The molecule has 2 aliphatic heterocycles. The lowest BCUT2D eigenvalue weighted by Crippen LogP contribution is -2.30. The average Bonchev–Trinajstić information content (AvgIpc) is 2.76. The highest BCUT2D eigenvalue weighted by molar-refractivity contribution is 5.32. The fourth-order valence-corrected chi connectivity index (χ4v) is 2.53. The quantitative estimate of drug-likeness (QED) is 0.437. The molecule has 0 aromatic rings. The van der Waals surface area contributed by atoms with Crippen LogP contribution in [0.5, 0.6) is 0 Å². The van der Waals surface area contributed by atoms with Gasteiger partial charge in [-0.25, -0.2) is 0 Å². The summed E-state index contributed by atoms with van der Waals surface area (Å²) in [6.45, 7) is 8.23. The monoisotopic (exact) mass is 166 g/mol. The van der Waals surface area contributed by atoms with Gasteiger partial charge < -0.3 is 9.47 Å². The molecule has 2 saturated heterocycles. The van der Waals surface area contributed by atoms with Crippen molar-refractivity contribution in [3.05, 3.63) is 12.2 Å². The number of fused-ring (bicyclic) bond motifs is 3. The number of hydrogen-bond acceptors (Lipinski definition) is 2. The van der Waals surface area contributed by atoms with Gasteiger partial charge >= 0.3 is 0 Å². The van der Waals surface area contributed by atoms with Crippen LogP contribution in [0.2, 0.25) is 0 Å². The summed E-state index contributed by atoms with van der Waals surface area (Å²) in [5, 5.41) is 0. The summed E-state index contributed by atoms with van der Waals surface area (Å²) in [6, 6.07) is 0. The highest BCUT2D eigenvalue weighted by atomic mass is 16.7. The Labute approximate surface area is 72.5 Å². The smallest absolute Gasteiger partial charge is 0.121 e. The minimum absolute atomic E-state index is 0.0146. The third-order valence-electron chi connectivity index (χ3n) is 3.67. The van der Waals surface area contributed by atoms with Crippen molar-refractivity contribution in [2.45, 2.75) is 50.1 Å². The van der Waals surface area contributed by atoms with Crippen LogP contribution in [-0.2, 0) is 9.47 Å². The first kappa shape index (κ1) is 7.10. The van der Waals surface area contributed by atoms with Crippen LogP contribution in [0.3, 0.4) is 0 Å². The van der Waals surface area contributed by atoms with Gasteiger partial charge in [0.05, 0.1) is 5.60 Å². The van der Waals surface area contributed by atoms with E-state index in [4.69, 9.17) is 9.47 Å². The maximum atomic E-state index is 5.72. The van der Waals surface area contributed by atoms with E-state index in [1.165, 1.54) is 5.57 Å². The lowest BCUT2D eigenvalue weighted by Gasteiger charge is -2.18. The van der Waals surface area contributed by atoms with E-state index in [9.17, 15) is 0 Å². The van der Waals surface area contributed by atoms with Crippen LogP contribution in [0.25, 0.3) is 0 Å². The van der Waals surface area contributed by atoms with Gasteiger partial charge in [0.25, 0.3) is 0 Å². The molecule has 2 heterocycles. The third-order valence-corrected chi connectivity index (χ3v) is 3.67. The molecule has 0 radical (unpaired) electrons. The molecule has 2 nitrogen and oxygen atoms in total. The Hall–Kier alpha value is -0.340. The summed E-state index contributed by atoms with van der Waals surface area (Å²) in [5.74, 6) is 0. The lowest BCUT2D eigenvalue weighted by molar-refractivity contribution is 0.240. The van der Waals surface area contributed by atoms with Gasteiger partial charge in [-0.15, -0.1) is 0 Å². The van der Waals surface area contributed by atoms with E-state index in [0.717, 1.165) is 12.8 Å². The second-order valence-corrected chi connectivity index (χ2v) is 4.56. The van der Waals surface area contributed by atoms with Crippen molar-refractivity contribution >= 4 is 0 Å². The fourth-order valence-electron chi connectivity index (χ4n) is 2.53. The molecule has 0 spiro atoms. The minimum atomic E-state index is 0.0146. The first-order valence-corrected chi connectivity index (χ1v) is 4.60. The summed E-state index contributed by atoms with van der Waals surface area (Å²) in [6.07, 6.45) is 2.91. The molecule has 2 heteroatoms. The Bertz CT molecular complexity index is 273. The summed E-state index contributed by atoms with van der Waals surface area (Å²) in [7, 11) is 0. The lowest BCUT2D eigenvalue weighted by atomic mass is 9.80. The van der Waals surface area contributed by atoms with E-state index in [2.05, 4.69) is 20.4 Å². The Morgan fingerprint density at radius 3 is 2.75 bits per heavy atom. The Balaban J connectivity index is 1.88. The molecule has 3 fully saturated rings. The van der Waals surface area contributed by atoms with Crippen molar-refractivity contribution in [2.75, 3.05) is 0 Å². The minimum Gasteiger partial charge on any atom is -0.363 e. The highest BCUT2D eigenvalue weighted by Crippen LogP contribution is 2.62. The molecular weight excluding hydrogens is 152 g/mol. The zero-order valence-corrected chi connectivity index (χ0v) is 7.59. The highest BCUT2D eigenvalue weighted by Gasteiger charge is 2.75. The third kappa shape index (κ3) is 0.603. The summed E-state index contributed by atoms with van der Waals surface area (Å²) >= 11 is 0. The molecular formula is C10H14O2. The second-order valence-electron chi connectivity index (χ2n) is 4.56. The van der Waals surface area contributed by atoms with Crippen molar-refractivity contribution in [3.63, 3.8) is 0 Å². The van der Waals surface area contributed by atoms with E-state index in [0.29, 0.717) is 12.2 Å². The second kappa shape index (κ2) is 1.64. The van der Waals surface area contributed by atoms with Gasteiger partial charge in [-0.05, 0) is 32.3 Å². The molecule has 0 bridgehead atoms. The van der Waals surface area contributed by atoms with Gasteiger partial charge in [0.2, 0.25) is 0 Å². The molecule has 0 aromatic heterocycles. The maximum Gasteiger partial charge on any atom is 0.121 e. The van der Waals surface area contributed by atoms with Crippen LogP contribution in [0.4, 0.5) is 0 Å². The molecule has 12 heavy (non-hydrogen) atoms. The van der Waals surface area contributed by atoms with Gasteiger partial charge in [-0.3, -0.25) is 0 Å². The van der Waals surface area contributed by atoms with E-state index in [1.807, 2.05) is 0 Å². The molecule has 1 saturated carbocycles. The first-order chi connectivity index (χ1) is 5.58. The van der Waals surface area contributed by atoms with E-state index >= 15 is 0 Å². The molecule has 0 N–H and O–H groups in total. The van der Waals surface area contributed by atoms with E-state index < -0.39 is 0 Å². The number of ether oxygens (including phenoxy) is 2. The van der Waals surface area contributed by atoms with Crippen LogP contribution < -0.4 is 0 Å². The summed E-state index contributed by atoms with van der Waals surface area (Å²) in [4.78, 5) is 0. The standard InChI is InChI=1S/C10H14O2/c1-6(2)10-5-4-9(3)7(11-9)8(10)12-10/h7-8H,1,4-5H2,2-3H3/t7-,8-,9-,10-/m1/s1. The van der Waals surface area contributed by atoms with Gasteiger partial charge in [0, 0.05) is 0 Å². The average molecular weight is 166 g/mol. The molecule has 0 unspecified atom stereocenters. The molecule has 0 amide bonds. The predicted octanol–water partition coefficient (Wildman–Crippen LogP) is 1.65. The number of hydrogen-bond donors (Lipinski definition) is 0.